The standard InChI is InChI=1S/C23H25ClN6O13S3.Na/c1-23(2,21(34)42-9-12-4-6-13(7-5-12)30(35)36)43-28-17(14-10-44-22(25-14)26-16(31)8-24)19(32)27-18-15(11-45(3,37)38)29(20(18)33)46(39,40)41;/h4-7,10,15,18H,8-9,11H2,1-3H3,(H,27,32)(H,25,26,31)(H,39,40,41);/q;+1/p-1/b28-17-;/t15-,18+;/m0./s1. The zero-order valence-electron chi connectivity index (χ0n) is 24.9. The number of non-ortho nitro benzene ring substituents is 1. The molecular weight excluding hydrogens is 723 g/mol. The van der Waals surface area contributed by atoms with Gasteiger partial charge in [-0.25, -0.2) is 30.9 Å². The molecule has 0 saturated carbocycles. The molecule has 0 radical (unpaired) electrons. The SMILES string of the molecule is CC(C)(O/N=C(\C(=O)N[C@H]1C(=O)N(S(=O)(=O)[O-])[C@H]1CS(C)(=O)=O)c1csc(NC(=O)CCl)n1)C(=O)OCc1ccc([N+](=O)[O-])cc1.[Na+]. The van der Waals surface area contributed by atoms with Gasteiger partial charge < -0.3 is 24.8 Å². The number of rotatable bonds is 14. The van der Waals surface area contributed by atoms with Crippen LogP contribution in [0.15, 0.2) is 34.8 Å². The number of esters is 1. The number of nitro groups is 1. The maximum Gasteiger partial charge on any atom is 1.00 e. The van der Waals surface area contributed by atoms with Crippen molar-refractivity contribution in [2.24, 2.45) is 5.16 Å². The molecule has 24 heteroatoms. The summed E-state index contributed by atoms with van der Waals surface area (Å²) in [6.45, 7) is 2.11. The number of thiazole rings is 1. The number of alkyl halides is 1. The van der Waals surface area contributed by atoms with Gasteiger partial charge in [-0.1, -0.05) is 5.16 Å². The summed E-state index contributed by atoms with van der Waals surface area (Å²) in [4.78, 5) is 69.8. The fourth-order valence-electron chi connectivity index (χ4n) is 3.67. The topological polar surface area (TPSA) is 274 Å². The number of benzene rings is 1. The third kappa shape index (κ3) is 10.6. The van der Waals surface area contributed by atoms with Crippen molar-refractivity contribution in [2.45, 2.75) is 38.1 Å². The Morgan fingerprint density at radius 1 is 1.19 bits per heavy atom. The Morgan fingerprint density at radius 3 is 2.34 bits per heavy atom. The predicted octanol–water partition coefficient (Wildman–Crippen LogP) is -3.32. The molecule has 0 spiro atoms. The third-order valence-corrected chi connectivity index (χ3v) is 8.75. The van der Waals surface area contributed by atoms with Crippen LogP contribution in [0.25, 0.3) is 0 Å². The molecule has 1 aliphatic rings. The van der Waals surface area contributed by atoms with Crippen molar-refractivity contribution in [3.8, 4) is 0 Å². The van der Waals surface area contributed by atoms with Gasteiger partial charge in [0, 0.05) is 23.8 Å². The number of ether oxygens (including phenoxy) is 1. The number of nitrogens with zero attached hydrogens (tertiary/aromatic N) is 4. The first-order valence-electron chi connectivity index (χ1n) is 12.5. The van der Waals surface area contributed by atoms with E-state index in [9.17, 15) is 50.7 Å². The van der Waals surface area contributed by atoms with E-state index in [2.05, 4.69) is 20.8 Å². The number of β-lactam (4-membered cyclic amide) rings is 1. The van der Waals surface area contributed by atoms with E-state index in [0.29, 0.717) is 5.56 Å². The summed E-state index contributed by atoms with van der Waals surface area (Å²) >= 11 is 6.29. The third-order valence-electron chi connectivity index (χ3n) is 5.87. The van der Waals surface area contributed by atoms with Crippen molar-refractivity contribution in [3.63, 3.8) is 0 Å². The molecule has 1 saturated heterocycles. The molecule has 1 aliphatic heterocycles. The van der Waals surface area contributed by atoms with Crippen molar-refractivity contribution >= 4 is 83.3 Å². The Bertz CT molecular complexity index is 1800. The maximum absolute atomic E-state index is 13.3. The second kappa shape index (κ2) is 15.8. The van der Waals surface area contributed by atoms with E-state index in [0.717, 1.165) is 17.6 Å². The molecule has 19 nitrogen and oxygen atoms in total. The quantitative estimate of drug-likeness (QED) is 0.0280. The Labute approximate surface area is 298 Å². The van der Waals surface area contributed by atoms with Gasteiger partial charge in [0.15, 0.2) is 21.1 Å². The molecule has 3 rings (SSSR count). The molecular formula is C23H24ClN6NaO13S3. The number of nitrogens with one attached hydrogen (secondary N) is 2. The van der Waals surface area contributed by atoms with E-state index >= 15 is 0 Å². The number of carbonyl (C=O) groups excluding carboxylic acids is 4. The molecule has 47 heavy (non-hydrogen) atoms. The van der Waals surface area contributed by atoms with E-state index in [1.807, 2.05) is 0 Å². The van der Waals surface area contributed by atoms with Crippen molar-refractivity contribution in [1.29, 1.82) is 0 Å². The second-order valence-electron chi connectivity index (χ2n) is 9.96. The molecule has 2 atom stereocenters. The molecule has 0 aliphatic carbocycles. The Balaban J connectivity index is 0.00000768. The Hall–Kier alpha value is -3.25. The van der Waals surface area contributed by atoms with E-state index in [1.165, 1.54) is 43.5 Å². The molecule has 0 bridgehead atoms. The van der Waals surface area contributed by atoms with Crippen LogP contribution in [0.4, 0.5) is 10.8 Å². The molecule has 0 unspecified atom stereocenters. The van der Waals surface area contributed by atoms with Gasteiger partial charge in [0.25, 0.3) is 17.5 Å². The molecule has 2 heterocycles. The van der Waals surface area contributed by atoms with Crippen LogP contribution in [0.1, 0.15) is 25.1 Å². The van der Waals surface area contributed by atoms with Crippen LogP contribution in [0.5, 0.6) is 0 Å². The zero-order valence-corrected chi connectivity index (χ0v) is 30.1. The number of sulfone groups is 1. The minimum Gasteiger partial charge on any atom is -0.731 e. The summed E-state index contributed by atoms with van der Waals surface area (Å²) in [5.74, 6) is -5.76. The van der Waals surface area contributed by atoms with Gasteiger partial charge in [-0.3, -0.25) is 24.5 Å². The average molecular weight is 747 g/mol. The molecule has 1 fully saturated rings. The number of oxime groups is 1. The largest absolute Gasteiger partial charge is 1.00 e. The molecule has 2 aromatic rings. The fourth-order valence-corrected chi connectivity index (χ4v) is 6.36. The molecule has 2 N–H and O–H groups in total. The minimum atomic E-state index is -5.44. The summed E-state index contributed by atoms with van der Waals surface area (Å²) < 4.78 is 63.4. The van der Waals surface area contributed by atoms with Gasteiger partial charge in [0.05, 0.1) is 16.7 Å². The first-order chi connectivity index (χ1) is 21.2. The van der Waals surface area contributed by atoms with Crippen LogP contribution in [-0.4, -0.2) is 101 Å². The predicted molar refractivity (Wildman–Crippen MR) is 158 cm³/mol. The number of amides is 3. The number of carbonyl (C=O) groups is 4. The summed E-state index contributed by atoms with van der Waals surface area (Å²) in [6, 6.07) is 1.55. The zero-order chi connectivity index (χ0) is 34.6. The van der Waals surface area contributed by atoms with Gasteiger partial charge in [0.2, 0.25) is 11.5 Å². The number of hydrogen-bond donors (Lipinski definition) is 2. The molecule has 1 aromatic carbocycles. The smallest absolute Gasteiger partial charge is 0.731 e. The number of hydrogen-bond acceptors (Lipinski definition) is 16. The summed E-state index contributed by atoms with van der Waals surface area (Å²) in [7, 11) is -9.41. The van der Waals surface area contributed by atoms with E-state index in [4.69, 9.17) is 21.2 Å². The average Bonchev–Trinajstić information content (AvgIpc) is 3.40. The monoisotopic (exact) mass is 746 g/mol. The first kappa shape index (κ1) is 39.9. The van der Waals surface area contributed by atoms with E-state index < -0.39 is 83.8 Å². The Morgan fingerprint density at radius 2 is 1.81 bits per heavy atom. The van der Waals surface area contributed by atoms with Crippen LogP contribution in [0.2, 0.25) is 0 Å². The van der Waals surface area contributed by atoms with Gasteiger partial charge in [-0.05, 0) is 31.5 Å². The van der Waals surface area contributed by atoms with Crippen LogP contribution in [-0.2, 0) is 55.5 Å². The molecule has 3 amide bonds. The molecule has 250 valence electrons. The van der Waals surface area contributed by atoms with Crippen molar-refractivity contribution in [3.05, 3.63) is 51.0 Å². The minimum absolute atomic E-state index is 0. The summed E-state index contributed by atoms with van der Waals surface area (Å²) in [6.07, 6.45) is 0.722. The number of nitro benzene ring substituents is 1. The maximum atomic E-state index is 13.3. The second-order valence-corrected chi connectivity index (χ2v) is 14.5. The van der Waals surface area contributed by atoms with Crippen LogP contribution >= 0.6 is 22.9 Å². The van der Waals surface area contributed by atoms with Crippen LogP contribution in [0, 0.1) is 10.1 Å². The summed E-state index contributed by atoms with van der Waals surface area (Å²) in [5, 5.41) is 20.1. The van der Waals surface area contributed by atoms with Crippen molar-refractivity contribution < 1.29 is 84.6 Å². The Kier molecular flexibility index (Phi) is 13.4. The number of halogens is 1. The van der Waals surface area contributed by atoms with Crippen molar-refractivity contribution in [1.82, 2.24) is 14.6 Å². The van der Waals surface area contributed by atoms with Gasteiger partial charge in [-0.15, -0.1) is 22.9 Å². The van der Waals surface area contributed by atoms with Gasteiger partial charge in [0.1, 0.15) is 34.1 Å². The van der Waals surface area contributed by atoms with Crippen LogP contribution < -0.4 is 40.2 Å². The fraction of sp³-hybridized carbons (Fsp3) is 0.391. The van der Waals surface area contributed by atoms with E-state index in [1.54, 1.807) is 0 Å². The van der Waals surface area contributed by atoms with Crippen LogP contribution in [0.3, 0.4) is 0 Å². The summed E-state index contributed by atoms with van der Waals surface area (Å²) in [5.41, 5.74) is -2.66. The van der Waals surface area contributed by atoms with Gasteiger partial charge in [-0.2, -0.15) is 0 Å². The normalized spacial score (nSPS) is 16.7. The van der Waals surface area contributed by atoms with E-state index in [-0.39, 0.29) is 57.0 Å². The number of aromatic nitrogens is 1. The van der Waals surface area contributed by atoms with Gasteiger partial charge >= 0.3 is 35.5 Å². The first-order valence-corrected chi connectivity index (χ1v) is 17.3. The molecule has 1 aromatic heterocycles. The van der Waals surface area contributed by atoms with Crippen molar-refractivity contribution in [2.75, 3.05) is 23.2 Å². The number of anilines is 1.